The maximum Gasteiger partial charge on any atom is 0.263 e. The van der Waals surface area contributed by atoms with Crippen molar-refractivity contribution in [3.05, 3.63) is 40.1 Å². The van der Waals surface area contributed by atoms with E-state index in [-0.39, 0.29) is 11.7 Å². The number of hydrogen-bond acceptors (Lipinski definition) is 5. The molecule has 134 valence electrons. The molecule has 1 aliphatic rings. The Hall–Kier alpha value is -1.99. The maximum absolute atomic E-state index is 12.6. The number of methoxy groups -OCH3 is 1. The summed E-state index contributed by atoms with van der Waals surface area (Å²) in [6, 6.07) is 3.49. The summed E-state index contributed by atoms with van der Waals surface area (Å²) in [5.74, 6) is 1.48. The number of likely N-dealkylation sites (tertiary alicyclic amines) is 1. The molecule has 0 aromatic carbocycles. The van der Waals surface area contributed by atoms with Crippen molar-refractivity contribution in [3.8, 4) is 0 Å². The van der Waals surface area contributed by atoms with Crippen LogP contribution in [0.3, 0.4) is 0 Å². The van der Waals surface area contributed by atoms with Crippen LogP contribution in [0.25, 0.3) is 0 Å². The van der Waals surface area contributed by atoms with Crippen LogP contribution in [0.4, 0.5) is 0 Å². The number of carbonyl (C=O) groups is 2. The van der Waals surface area contributed by atoms with E-state index >= 15 is 0 Å². The molecule has 0 N–H and O–H groups in total. The highest BCUT2D eigenvalue weighted by atomic mass is 32.1. The number of amides is 1. The van der Waals surface area contributed by atoms with E-state index in [1.165, 1.54) is 18.3 Å². The fourth-order valence-corrected chi connectivity index (χ4v) is 4.07. The summed E-state index contributed by atoms with van der Waals surface area (Å²) in [6.45, 7) is 4.42. The molecule has 1 aliphatic heterocycles. The molecular weight excluding hydrogens is 338 g/mol. The normalized spacial score (nSPS) is 15.5. The third kappa shape index (κ3) is 3.99. The summed E-state index contributed by atoms with van der Waals surface area (Å²) in [7, 11) is 1.70. The molecule has 1 saturated heterocycles. The van der Waals surface area contributed by atoms with Gasteiger partial charge in [0.2, 0.25) is 0 Å². The number of hydrogen-bond donors (Lipinski definition) is 0. The number of Topliss-reactive ketones (excluding diaryl/α,β-unsaturated/α-hetero) is 1. The zero-order valence-electron chi connectivity index (χ0n) is 14.6. The molecule has 25 heavy (non-hydrogen) atoms. The molecule has 2 aromatic heterocycles. The molecule has 0 saturated carbocycles. The second kappa shape index (κ2) is 7.93. The summed E-state index contributed by atoms with van der Waals surface area (Å²) in [5.41, 5.74) is 0. The van der Waals surface area contributed by atoms with Crippen molar-refractivity contribution in [2.45, 2.75) is 32.2 Å². The van der Waals surface area contributed by atoms with E-state index in [1.54, 1.807) is 19.2 Å². The van der Waals surface area contributed by atoms with Crippen LogP contribution < -0.4 is 0 Å². The predicted octanol–water partition coefficient (Wildman–Crippen LogP) is 2.81. The van der Waals surface area contributed by atoms with Crippen molar-refractivity contribution < 1.29 is 14.3 Å². The van der Waals surface area contributed by atoms with E-state index in [4.69, 9.17) is 4.74 Å². The number of imidazole rings is 1. The van der Waals surface area contributed by atoms with E-state index in [0.717, 1.165) is 25.2 Å². The molecule has 2 aromatic rings. The van der Waals surface area contributed by atoms with E-state index < -0.39 is 0 Å². The van der Waals surface area contributed by atoms with Crippen molar-refractivity contribution in [1.82, 2.24) is 14.5 Å². The lowest BCUT2D eigenvalue weighted by atomic mass is 9.95. The number of aromatic nitrogens is 2. The van der Waals surface area contributed by atoms with Gasteiger partial charge in [-0.1, -0.05) is 0 Å². The van der Waals surface area contributed by atoms with Crippen LogP contribution in [-0.2, 0) is 11.3 Å². The zero-order chi connectivity index (χ0) is 17.8. The maximum atomic E-state index is 12.6. The average molecular weight is 361 g/mol. The summed E-state index contributed by atoms with van der Waals surface area (Å²) in [5, 5.41) is 0. The van der Waals surface area contributed by atoms with Gasteiger partial charge in [0.1, 0.15) is 5.82 Å². The standard InChI is InChI=1S/C18H23N3O3S/c1-13(22)15-3-4-16(25-15)18(23)21-8-5-14(6-9-21)17-19-7-10-20(17)11-12-24-2/h3-4,7,10,14H,5-6,8-9,11-12H2,1-2H3. The van der Waals surface area contributed by atoms with E-state index in [1.807, 2.05) is 17.3 Å². The van der Waals surface area contributed by atoms with Crippen molar-refractivity contribution in [2.75, 3.05) is 26.8 Å². The topological polar surface area (TPSA) is 64.4 Å². The smallest absolute Gasteiger partial charge is 0.263 e. The van der Waals surface area contributed by atoms with Gasteiger partial charge in [0, 0.05) is 45.1 Å². The van der Waals surface area contributed by atoms with Crippen molar-refractivity contribution in [1.29, 1.82) is 0 Å². The molecule has 0 spiro atoms. The lowest BCUT2D eigenvalue weighted by Crippen LogP contribution is -2.38. The van der Waals surface area contributed by atoms with Crippen LogP contribution >= 0.6 is 11.3 Å². The van der Waals surface area contributed by atoms with E-state index in [9.17, 15) is 9.59 Å². The average Bonchev–Trinajstić information content (AvgIpc) is 3.29. The second-order valence-corrected chi connectivity index (χ2v) is 7.34. The molecule has 0 radical (unpaired) electrons. The molecule has 0 unspecified atom stereocenters. The van der Waals surface area contributed by atoms with Gasteiger partial charge >= 0.3 is 0 Å². The highest BCUT2D eigenvalue weighted by molar-refractivity contribution is 7.15. The number of carbonyl (C=O) groups excluding carboxylic acids is 2. The molecule has 0 atom stereocenters. The largest absolute Gasteiger partial charge is 0.383 e. The number of thiophene rings is 1. The first-order chi connectivity index (χ1) is 12.1. The Morgan fingerprint density at radius 1 is 1.28 bits per heavy atom. The molecule has 3 heterocycles. The van der Waals surface area contributed by atoms with Gasteiger partial charge in [0.25, 0.3) is 5.91 Å². The van der Waals surface area contributed by atoms with Crippen LogP contribution in [0.2, 0.25) is 0 Å². The number of ketones is 1. The molecule has 7 heteroatoms. The van der Waals surface area contributed by atoms with Crippen LogP contribution in [-0.4, -0.2) is 52.9 Å². The number of nitrogens with zero attached hydrogens (tertiary/aromatic N) is 3. The van der Waals surface area contributed by atoms with Gasteiger partial charge in [-0.05, 0) is 31.9 Å². The lowest BCUT2D eigenvalue weighted by molar-refractivity contribution is 0.0714. The third-order valence-electron chi connectivity index (χ3n) is 4.60. The first-order valence-electron chi connectivity index (χ1n) is 8.50. The molecule has 0 aliphatic carbocycles. The van der Waals surface area contributed by atoms with Crippen molar-refractivity contribution in [3.63, 3.8) is 0 Å². The van der Waals surface area contributed by atoms with Gasteiger partial charge < -0.3 is 14.2 Å². The summed E-state index contributed by atoms with van der Waals surface area (Å²) in [6.07, 6.45) is 5.62. The highest BCUT2D eigenvalue weighted by Crippen LogP contribution is 2.28. The Balaban J connectivity index is 1.60. The Morgan fingerprint density at radius 2 is 2.00 bits per heavy atom. The van der Waals surface area contributed by atoms with Crippen LogP contribution in [0.5, 0.6) is 0 Å². The predicted molar refractivity (Wildman–Crippen MR) is 96.3 cm³/mol. The van der Waals surface area contributed by atoms with Crippen LogP contribution in [0.1, 0.15) is 50.9 Å². The van der Waals surface area contributed by atoms with Crippen molar-refractivity contribution in [2.24, 2.45) is 0 Å². The molecule has 0 bridgehead atoms. The van der Waals surface area contributed by atoms with Crippen LogP contribution in [0.15, 0.2) is 24.5 Å². The number of rotatable bonds is 6. The second-order valence-electron chi connectivity index (χ2n) is 6.26. The van der Waals surface area contributed by atoms with Crippen LogP contribution in [0, 0.1) is 0 Å². The summed E-state index contributed by atoms with van der Waals surface area (Å²) < 4.78 is 7.29. The van der Waals surface area contributed by atoms with Gasteiger partial charge in [0.05, 0.1) is 16.4 Å². The highest BCUT2D eigenvalue weighted by Gasteiger charge is 2.27. The number of piperidine rings is 1. The van der Waals surface area contributed by atoms with Gasteiger partial charge in [-0.15, -0.1) is 11.3 Å². The van der Waals surface area contributed by atoms with E-state index in [0.29, 0.717) is 35.4 Å². The minimum atomic E-state index is 0.00523. The Labute approximate surface area is 151 Å². The molecule has 6 nitrogen and oxygen atoms in total. The number of ether oxygens (including phenoxy) is 1. The first kappa shape index (κ1) is 17.8. The Bertz CT molecular complexity index is 744. The quantitative estimate of drug-likeness (QED) is 0.742. The first-order valence-corrected chi connectivity index (χ1v) is 9.32. The zero-order valence-corrected chi connectivity index (χ0v) is 15.4. The minimum absolute atomic E-state index is 0.00523. The fourth-order valence-electron chi connectivity index (χ4n) is 3.20. The molecular formula is C18H23N3O3S. The van der Waals surface area contributed by atoms with Gasteiger partial charge in [-0.2, -0.15) is 0 Å². The molecule has 1 fully saturated rings. The Kier molecular flexibility index (Phi) is 5.65. The fraction of sp³-hybridized carbons (Fsp3) is 0.500. The lowest BCUT2D eigenvalue weighted by Gasteiger charge is -2.31. The summed E-state index contributed by atoms with van der Waals surface area (Å²) >= 11 is 1.28. The van der Waals surface area contributed by atoms with E-state index in [2.05, 4.69) is 9.55 Å². The third-order valence-corrected chi connectivity index (χ3v) is 5.77. The van der Waals surface area contributed by atoms with Gasteiger partial charge in [-0.25, -0.2) is 4.98 Å². The molecule has 3 rings (SSSR count). The summed E-state index contributed by atoms with van der Waals surface area (Å²) in [4.78, 5) is 31.7. The monoisotopic (exact) mass is 361 g/mol. The SMILES string of the molecule is COCCn1ccnc1C1CCN(C(=O)c2ccc(C(C)=O)s2)CC1. The van der Waals surface area contributed by atoms with Gasteiger partial charge in [0.15, 0.2) is 5.78 Å². The molecule has 1 amide bonds. The van der Waals surface area contributed by atoms with Crippen molar-refractivity contribution >= 4 is 23.0 Å². The Morgan fingerprint density at radius 3 is 2.64 bits per heavy atom. The minimum Gasteiger partial charge on any atom is -0.383 e. The van der Waals surface area contributed by atoms with Gasteiger partial charge in [-0.3, -0.25) is 9.59 Å².